The average molecular weight is 342 g/mol. The molecule has 0 bridgehead atoms. The van der Waals surface area contributed by atoms with Gasteiger partial charge in [0.15, 0.2) is 5.65 Å². The smallest absolute Gasteiger partial charge is 0.351 e. The SMILES string of the molecule is COc1ccc2c(c1)cc(C)c1nn(CC(=O)NC(C)(C)C)c(=O)n12. The van der Waals surface area contributed by atoms with Crippen LogP contribution in [0.25, 0.3) is 16.6 Å². The van der Waals surface area contributed by atoms with Crippen LogP contribution in [-0.4, -0.2) is 32.7 Å². The zero-order valence-electron chi connectivity index (χ0n) is 15.1. The third-order valence-electron chi connectivity index (χ3n) is 3.85. The molecule has 25 heavy (non-hydrogen) atoms. The molecule has 0 atom stereocenters. The maximum Gasteiger partial charge on any atom is 0.351 e. The van der Waals surface area contributed by atoms with Crippen LogP contribution in [0, 0.1) is 6.92 Å². The first-order chi connectivity index (χ1) is 11.7. The van der Waals surface area contributed by atoms with Gasteiger partial charge >= 0.3 is 5.69 Å². The first-order valence-electron chi connectivity index (χ1n) is 8.07. The van der Waals surface area contributed by atoms with Crippen LogP contribution >= 0.6 is 0 Å². The zero-order chi connectivity index (χ0) is 18.4. The maximum atomic E-state index is 12.8. The van der Waals surface area contributed by atoms with Gasteiger partial charge in [-0.25, -0.2) is 13.9 Å². The fourth-order valence-corrected chi connectivity index (χ4v) is 2.85. The quantitative estimate of drug-likeness (QED) is 0.788. The zero-order valence-corrected chi connectivity index (χ0v) is 15.1. The number of ether oxygens (including phenoxy) is 1. The van der Waals surface area contributed by atoms with Gasteiger partial charge in [0.05, 0.1) is 12.6 Å². The fourth-order valence-electron chi connectivity index (χ4n) is 2.85. The van der Waals surface area contributed by atoms with Crippen LogP contribution in [0.15, 0.2) is 29.1 Å². The molecule has 1 aromatic carbocycles. The van der Waals surface area contributed by atoms with Crippen LogP contribution in [0.1, 0.15) is 26.3 Å². The second kappa shape index (κ2) is 5.91. The molecule has 132 valence electrons. The van der Waals surface area contributed by atoms with Gasteiger partial charge in [-0.05, 0) is 57.5 Å². The highest BCUT2D eigenvalue weighted by Crippen LogP contribution is 2.23. The first kappa shape index (κ1) is 17.0. The molecule has 0 aliphatic rings. The highest BCUT2D eigenvalue weighted by atomic mass is 16.5. The first-order valence-corrected chi connectivity index (χ1v) is 8.07. The number of pyridine rings is 1. The van der Waals surface area contributed by atoms with E-state index in [0.717, 1.165) is 22.2 Å². The second-order valence-electron chi connectivity index (χ2n) is 7.15. The van der Waals surface area contributed by atoms with E-state index in [1.165, 1.54) is 9.08 Å². The fraction of sp³-hybridized carbons (Fsp3) is 0.389. The van der Waals surface area contributed by atoms with E-state index in [1.807, 2.05) is 45.9 Å². The summed E-state index contributed by atoms with van der Waals surface area (Å²) in [6.45, 7) is 7.45. The standard InChI is InChI=1S/C18H22N4O3/c1-11-8-12-9-13(25-5)6-7-14(12)22-16(11)20-21(17(22)24)10-15(23)19-18(2,3)4/h6-9H,10H2,1-5H3,(H,19,23). The molecular weight excluding hydrogens is 320 g/mol. The van der Waals surface area contributed by atoms with Crippen LogP contribution in [0.2, 0.25) is 0 Å². The van der Waals surface area contributed by atoms with E-state index < -0.39 is 0 Å². The highest BCUT2D eigenvalue weighted by Gasteiger charge is 2.18. The van der Waals surface area contributed by atoms with Crippen LogP contribution in [-0.2, 0) is 11.3 Å². The number of carbonyl (C=O) groups excluding carboxylic acids is 1. The van der Waals surface area contributed by atoms with Crippen LogP contribution in [0.4, 0.5) is 0 Å². The van der Waals surface area contributed by atoms with Crippen molar-refractivity contribution in [2.75, 3.05) is 7.11 Å². The summed E-state index contributed by atoms with van der Waals surface area (Å²) in [4.78, 5) is 25.0. The largest absolute Gasteiger partial charge is 0.497 e. The summed E-state index contributed by atoms with van der Waals surface area (Å²) < 4.78 is 7.99. The van der Waals surface area contributed by atoms with Crippen molar-refractivity contribution in [1.29, 1.82) is 0 Å². The van der Waals surface area contributed by atoms with Gasteiger partial charge in [0.1, 0.15) is 12.3 Å². The Bertz CT molecular complexity index is 1020. The highest BCUT2D eigenvalue weighted by molar-refractivity contribution is 5.84. The van der Waals surface area contributed by atoms with Gasteiger partial charge in [-0.3, -0.25) is 4.79 Å². The average Bonchev–Trinajstić information content (AvgIpc) is 2.83. The molecule has 7 nitrogen and oxygen atoms in total. The van der Waals surface area contributed by atoms with Gasteiger partial charge in [-0.1, -0.05) is 0 Å². The Balaban J connectivity index is 2.13. The van der Waals surface area contributed by atoms with Crippen molar-refractivity contribution >= 4 is 22.5 Å². The molecule has 0 aliphatic carbocycles. The van der Waals surface area contributed by atoms with E-state index in [-0.39, 0.29) is 23.7 Å². The van der Waals surface area contributed by atoms with E-state index in [4.69, 9.17) is 4.74 Å². The Morgan fingerprint density at radius 2 is 2.00 bits per heavy atom. The van der Waals surface area contributed by atoms with Gasteiger partial charge in [-0.15, -0.1) is 5.10 Å². The van der Waals surface area contributed by atoms with E-state index in [0.29, 0.717) is 5.65 Å². The van der Waals surface area contributed by atoms with Gasteiger partial charge in [0.2, 0.25) is 5.91 Å². The minimum Gasteiger partial charge on any atom is -0.497 e. The summed E-state index contributed by atoms with van der Waals surface area (Å²) >= 11 is 0. The molecule has 0 aliphatic heterocycles. The number of aryl methyl sites for hydroxylation is 1. The molecule has 0 radical (unpaired) electrons. The number of hydrogen-bond acceptors (Lipinski definition) is 4. The number of nitrogens with zero attached hydrogens (tertiary/aromatic N) is 3. The lowest BCUT2D eigenvalue weighted by Crippen LogP contribution is -2.43. The molecule has 0 spiro atoms. The van der Waals surface area contributed by atoms with Crippen molar-refractivity contribution in [2.45, 2.75) is 39.8 Å². The van der Waals surface area contributed by atoms with E-state index >= 15 is 0 Å². The number of methoxy groups -OCH3 is 1. The van der Waals surface area contributed by atoms with Crippen LogP contribution in [0.5, 0.6) is 5.75 Å². The van der Waals surface area contributed by atoms with Crippen LogP contribution < -0.4 is 15.7 Å². The summed E-state index contributed by atoms with van der Waals surface area (Å²) in [5.74, 6) is 0.470. The molecule has 2 heterocycles. The molecule has 2 aromatic heterocycles. The van der Waals surface area contributed by atoms with Gasteiger partial charge in [-0.2, -0.15) is 0 Å². The Labute approximate surface area is 145 Å². The normalized spacial score (nSPS) is 11.9. The third kappa shape index (κ3) is 3.22. The molecular formula is C18H22N4O3. The Morgan fingerprint density at radius 3 is 2.64 bits per heavy atom. The van der Waals surface area contributed by atoms with Crippen molar-refractivity contribution in [1.82, 2.24) is 19.5 Å². The van der Waals surface area contributed by atoms with E-state index in [2.05, 4.69) is 10.4 Å². The van der Waals surface area contributed by atoms with Gasteiger partial charge in [0.25, 0.3) is 0 Å². The minimum atomic E-state index is -0.362. The molecule has 7 heteroatoms. The number of aromatic nitrogens is 3. The monoisotopic (exact) mass is 342 g/mol. The Hall–Kier alpha value is -2.83. The summed E-state index contributed by atoms with van der Waals surface area (Å²) in [6.07, 6.45) is 0. The Morgan fingerprint density at radius 1 is 1.28 bits per heavy atom. The summed E-state index contributed by atoms with van der Waals surface area (Å²) in [6, 6.07) is 7.45. The van der Waals surface area contributed by atoms with Gasteiger partial charge < -0.3 is 10.1 Å². The molecule has 1 amide bonds. The van der Waals surface area contributed by atoms with Crippen molar-refractivity contribution < 1.29 is 9.53 Å². The molecule has 3 aromatic rings. The number of hydrogen-bond donors (Lipinski definition) is 1. The topological polar surface area (TPSA) is 77.6 Å². The lowest BCUT2D eigenvalue weighted by atomic mass is 10.1. The van der Waals surface area contributed by atoms with Crippen molar-refractivity contribution in [3.05, 3.63) is 40.3 Å². The van der Waals surface area contributed by atoms with Crippen molar-refractivity contribution in [3.8, 4) is 5.75 Å². The van der Waals surface area contributed by atoms with Crippen LogP contribution in [0.3, 0.4) is 0 Å². The van der Waals surface area contributed by atoms with Gasteiger partial charge in [0, 0.05) is 10.9 Å². The number of rotatable bonds is 3. The number of benzene rings is 1. The summed E-state index contributed by atoms with van der Waals surface area (Å²) in [5.41, 5.74) is 1.44. The van der Waals surface area contributed by atoms with Crippen molar-refractivity contribution in [3.63, 3.8) is 0 Å². The Kier molecular flexibility index (Phi) is 4.02. The molecule has 0 fully saturated rings. The molecule has 0 unspecified atom stereocenters. The molecule has 1 N–H and O–H groups in total. The molecule has 0 saturated heterocycles. The number of nitrogens with one attached hydrogen (secondary N) is 1. The lowest BCUT2D eigenvalue weighted by molar-refractivity contribution is -0.123. The molecule has 0 saturated carbocycles. The predicted molar refractivity (Wildman–Crippen MR) is 96.1 cm³/mol. The second-order valence-corrected chi connectivity index (χ2v) is 7.15. The third-order valence-corrected chi connectivity index (χ3v) is 3.85. The summed E-state index contributed by atoms with van der Waals surface area (Å²) in [7, 11) is 1.60. The lowest BCUT2D eigenvalue weighted by Gasteiger charge is -2.20. The maximum absolute atomic E-state index is 12.8. The number of fused-ring (bicyclic) bond motifs is 3. The van der Waals surface area contributed by atoms with E-state index in [1.54, 1.807) is 13.2 Å². The molecule has 3 rings (SSSR count). The summed E-state index contributed by atoms with van der Waals surface area (Å²) in [5, 5.41) is 8.07. The van der Waals surface area contributed by atoms with Crippen molar-refractivity contribution in [2.24, 2.45) is 0 Å². The predicted octanol–water partition coefficient (Wildman–Crippen LogP) is 1.88. The number of carbonyl (C=O) groups is 1. The minimum absolute atomic E-state index is 0.116. The number of amides is 1. The van der Waals surface area contributed by atoms with E-state index in [9.17, 15) is 9.59 Å².